The van der Waals surface area contributed by atoms with Gasteiger partial charge in [-0.1, -0.05) is 0 Å². The molecule has 2 N–H and O–H groups in total. The fourth-order valence-corrected chi connectivity index (χ4v) is 1.84. The van der Waals surface area contributed by atoms with Gasteiger partial charge in [-0.2, -0.15) is 17.6 Å². The first-order chi connectivity index (χ1) is 10.9. The molecule has 4 aliphatic heterocycles. The molecule has 0 atom stereocenters. The second-order valence-corrected chi connectivity index (χ2v) is 5.74. The quantitative estimate of drug-likeness (QED) is 0.518. The molecule has 7 nitrogen and oxygen atoms in total. The largest absolute Gasteiger partial charge is 0.468 e. The molecule has 0 spiro atoms. The van der Waals surface area contributed by atoms with Crippen LogP contribution in [0.4, 0.5) is 4.79 Å². The highest BCUT2D eigenvalue weighted by Gasteiger charge is 2.14. The minimum absolute atomic E-state index is 1.27. The summed E-state index contributed by atoms with van der Waals surface area (Å²) in [6.07, 6.45) is 24.6. The summed E-state index contributed by atoms with van der Waals surface area (Å²) in [5, 5.41) is 5.18. The highest BCUT2D eigenvalue weighted by molar-refractivity contribution is 8.00. The highest BCUT2D eigenvalue weighted by atomic mass is 32.2. The maximum atomic E-state index is 9.29. The zero-order valence-electron chi connectivity index (χ0n) is 11.9. The predicted octanol–water partition coefficient (Wildman–Crippen LogP) is 1.65. The van der Waals surface area contributed by atoms with Gasteiger partial charge in [0.2, 0.25) is 11.4 Å². The molecule has 0 aromatic heterocycles. The molecule has 0 saturated heterocycles. The number of carboxylic acid groups (broad SMARTS) is 1. The normalized spacial score (nSPS) is 18.0. The van der Waals surface area contributed by atoms with E-state index in [1.807, 2.05) is 49.1 Å². The summed E-state index contributed by atoms with van der Waals surface area (Å²) in [4.78, 5) is 9.18. The molecule has 0 radical (unpaired) electrons. The molecule has 0 saturated carbocycles. The predicted molar refractivity (Wildman–Crippen MR) is 84.9 cm³/mol. The number of hydrogen-bond donors (Lipinski definition) is 2. The zero-order valence-corrected chi connectivity index (χ0v) is 12.7. The molecule has 4 aliphatic rings. The summed E-state index contributed by atoms with van der Waals surface area (Å²) in [5.74, 6) is 0. The summed E-state index contributed by atoms with van der Waals surface area (Å²) < 4.78 is 30.2. The van der Waals surface area contributed by atoms with E-state index in [9.17, 15) is 13.2 Å². The smallest absolute Gasteiger partial charge is 0.449 e. The van der Waals surface area contributed by atoms with Crippen molar-refractivity contribution in [2.45, 2.75) is 0 Å². The molecule has 4 rings (SSSR count). The van der Waals surface area contributed by atoms with Crippen LogP contribution in [0.25, 0.3) is 0 Å². The third-order valence-corrected chi connectivity index (χ3v) is 3.31. The van der Waals surface area contributed by atoms with Gasteiger partial charge in [-0.15, -0.1) is 0 Å². The van der Waals surface area contributed by atoms with Gasteiger partial charge in [0, 0.05) is 48.6 Å². The molecule has 23 heavy (non-hydrogen) atoms. The Morgan fingerprint density at radius 2 is 1.26 bits per heavy atom. The number of rotatable bonds is 0. The van der Waals surface area contributed by atoms with Gasteiger partial charge in [0.1, 0.15) is 0 Å². The lowest BCUT2D eigenvalue weighted by Crippen LogP contribution is -2.08. The van der Waals surface area contributed by atoms with Crippen LogP contribution >= 0.6 is 0 Å². The van der Waals surface area contributed by atoms with Gasteiger partial charge in [-0.25, -0.2) is 4.79 Å². The van der Waals surface area contributed by atoms with E-state index in [2.05, 4.69) is 33.5 Å². The van der Waals surface area contributed by atoms with Crippen LogP contribution in [0.5, 0.6) is 0 Å². The third-order valence-electron chi connectivity index (χ3n) is 2.87. The molecule has 118 valence electrons. The molecule has 4 heterocycles. The molecule has 0 amide bonds. The minimum Gasteiger partial charge on any atom is -0.468 e. The first-order valence-corrected chi connectivity index (χ1v) is 7.89. The van der Waals surface area contributed by atoms with Crippen LogP contribution in [0.1, 0.15) is 0 Å². The van der Waals surface area contributed by atoms with Gasteiger partial charge in [0.15, 0.2) is 24.8 Å². The van der Waals surface area contributed by atoms with Gasteiger partial charge in [0.05, 0.1) is 0 Å². The summed E-state index contributed by atoms with van der Waals surface area (Å²) in [5.41, 5.74) is 2.54. The van der Waals surface area contributed by atoms with Gasteiger partial charge in [0.25, 0.3) is 0 Å². The molecule has 0 aliphatic carbocycles. The number of hydrogen-bond acceptors (Lipinski definition) is 3. The van der Waals surface area contributed by atoms with Crippen molar-refractivity contribution in [3.05, 3.63) is 72.4 Å². The van der Waals surface area contributed by atoms with Crippen molar-refractivity contribution in [2.24, 2.45) is 0 Å². The lowest BCUT2D eigenvalue weighted by atomic mass is 10.4. The van der Waals surface area contributed by atoms with E-state index in [4.69, 9.17) is 9.66 Å². The van der Waals surface area contributed by atoms with Crippen LogP contribution < -0.4 is 0 Å². The molecule has 8 heteroatoms. The SMILES string of the molecule is C1=CC2=CC=C[N+]2=C1.C1=CC2=CC=C[N+]2=C1.O=C(O)S(=O)(=O)O. The Bertz CT molecular complexity index is 762. The standard InChI is InChI=1S/2C7H6N.CH2O5S/c2*1-3-7-4-2-6-8(7)5-1;2-1(3)7(4,5)6/h2*1-6H;(H,2,3)(H,4,5,6)/q2*+1;. The van der Waals surface area contributed by atoms with E-state index in [0.717, 1.165) is 0 Å². The molecule has 0 unspecified atom stereocenters. The third kappa shape index (κ3) is 4.56. The van der Waals surface area contributed by atoms with Crippen molar-refractivity contribution in [2.75, 3.05) is 0 Å². The lowest BCUT2D eigenvalue weighted by molar-refractivity contribution is -0.381. The van der Waals surface area contributed by atoms with Gasteiger partial charge in [-0.3, -0.25) is 4.55 Å². The van der Waals surface area contributed by atoms with Crippen molar-refractivity contribution < 1.29 is 32.0 Å². The van der Waals surface area contributed by atoms with E-state index < -0.39 is 15.4 Å². The zero-order chi connectivity index (χ0) is 16.9. The van der Waals surface area contributed by atoms with Gasteiger partial charge in [-0.05, 0) is 0 Å². The molecular weight excluding hydrogens is 320 g/mol. The van der Waals surface area contributed by atoms with Crippen molar-refractivity contribution in [1.82, 2.24) is 0 Å². The molecule has 0 aromatic rings. The van der Waals surface area contributed by atoms with Crippen molar-refractivity contribution in [1.29, 1.82) is 0 Å². The molecule has 0 fully saturated rings. The van der Waals surface area contributed by atoms with E-state index >= 15 is 0 Å². The van der Waals surface area contributed by atoms with Crippen LogP contribution in [0.15, 0.2) is 72.4 Å². The Hall–Kier alpha value is -2.84. The van der Waals surface area contributed by atoms with Crippen LogP contribution in [0.2, 0.25) is 0 Å². The van der Waals surface area contributed by atoms with Crippen molar-refractivity contribution in [3.8, 4) is 0 Å². The number of carbonyl (C=O) groups is 1. The summed E-state index contributed by atoms with van der Waals surface area (Å²) >= 11 is 0. The fraction of sp³-hybridized carbons (Fsp3) is 0. The van der Waals surface area contributed by atoms with Gasteiger partial charge >= 0.3 is 15.4 Å². The average Bonchev–Trinajstić information content (AvgIpc) is 3.20. The fourth-order valence-electron chi connectivity index (χ4n) is 1.84. The molecule has 0 bridgehead atoms. The first-order valence-electron chi connectivity index (χ1n) is 6.45. The van der Waals surface area contributed by atoms with E-state index in [-0.39, 0.29) is 0 Å². The lowest BCUT2D eigenvalue weighted by Gasteiger charge is -1.79. The molecular formula is C15H14N2O5S+2. The maximum absolute atomic E-state index is 9.29. The van der Waals surface area contributed by atoms with Crippen LogP contribution in [-0.4, -0.2) is 45.0 Å². The highest BCUT2D eigenvalue weighted by Crippen LogP contribution is 2.11. The van der Waals surface area contributed by atoms with Crippen LogP contribution in [-0.2, 0) is 10.1 Å². The number of nitrogens with zero attached hydrogens (tertiary/aromatic N) is 2. The second kappa shape index (κ2) is 6.95. The molecule has 0 aromatic carbocycles. The number of allylic oxidation sites excluding steroid dienone is 8. The first kappa shape index (κ1) is 16.5. The average molecular weight is 334 g/mol. The van der Waals surface area contributed by atoms with Crippen molar-refractivity contribution >= 4 is 27.8 Å². The Balaban J connectivity index is 0.000000126. The summed E-state index contributed by atoms with van der Waals surface area (Å²) in [7, 11) is -4.82. The Morgan fingerprint density at radius 3 is 1.57 bits per heavy atom. The monoisotopic (exact) mass is 334 g/mol. The maximum Gasteiger partial charge on any atom is 0.449 e. The number of fused-ring (bicyclic) bond motifs is 2. The van der Waals surface area contributed by atoms with Crippen molar-refractivity contribution in [3.63, 3.8) is 0 Å². The Kier molecular flexibility index (Phi) is 4.99. The topological polar surface area (TPSA) is 97.7 Å². The summed E-state index contributed by atoms with van der Waals surface area (Å²) in [6.45, 7) is 0. The Morgan fingerprint density at radius 1 is 0.870 bits per heavy atom. The van der Waals surface area contributed by atoms with Crippen LogP contribution in [0, 0.1) is 0 Å². The van der Waals surface area contributed by atoms with E-state index in [0.29, 0.717) is 0 Å². The van der Waals surface area contributed by atoms with Gasteiger partial charge < -0.3 is 5.11 Å². The van der Waals surface area contributed by atoms with E-state index in [1.165, 1.54) is 11.4 Å². The van der Waals surface area contributed by atoms with Crippen LogP contribution in [0.3, 0.4) is 0 Å². The Labute approximate surface area is 132 Å². The minimum atomic E-state index is -4.82. The second-order valence-electron chi connectivity index (χ2n) is 4.44. The van der Waals surface area contributed by atoms with E-state index in [1.54, 1.807) is 0 Å². The summed E-state index contributed by atoms with van der Waals surface area (Å²) in [6, 6.07) is 0.